The van der Waals surface area contributed by atoms with Gasteiger partial charge >= 0.3 is 0 Å². The number of aryl methyl sites for hydroxylation is 2. The van der Waals surface area contributed by atoms with Gasteiger partial charge in [0.2, 0.25) is 10.0 Å². The summed E-state index contributed by atoms with van der Waals surface area (Å²) in [5.74, 6) is -0.711. The van der Waals surface area contributed by atoms with Crippen LogP contribution in [0.25, 0.3) is 0 Å². The second-order valence-electron chi connectivity index (χ2n) is 8.48. The number of nitrogens with zero attached hydrogens (tertiary/aromatic N) is 1. The molecule has 0 saturated heterocycles. The average molecular weight is 467 g/mol. The van der Waals surface area contributed by atoms with Gasteiger partial charge in [-0.2, -0.15) is 0 Å². The smallest absolute Gasteiger partial charge is 0.251 e. The fraction of sp³-hybridized carbons (Fsp3) is 0.269. The Balaban J connectivity index is 1.49. The summed E-state index contributed by atoms with van der Waals surface area (Å²) < 4.78 is 40.0. The van der Waals surface area contributed by atoms with E-state index in [2.05, 4.69) is 23.5 Å². The van der Waals surface area contributed by atoms with Crippen LogP contribution in [0.1, 0.15) is 52.0 Å². The van der Waals surface area contributed by atoms with E-state index in [1.807, 2.05) is 6.92 Å². The summed E-state index contributed by atoms with van der Waals surface area (Å²) in [6.07, 6.45) is 4.44. The van der Waals surface area contributed by atoms with Gasteiger partial charge in [0.15, 0.2) is 0 Å². The predicted octanol–water partition coefficient (Wildman–Crippen LogP) is 4.77. The summed E-state index contributed by atoms with van der Waals surface area (Å²) in [6, 6.07) is 18.6. The number of nitrogens with one attached hydrogen (secondary N) is 1. The first-order chi connectivity index (χ1) is 15.7. The van der Waals surface area contributed by atoms with Crippen LogP contribution in [0.2, 0.25) is 0 Å². The molecular formula is C26H27FN2O3S. The number of benzene rings is 3. The molecule has 0 heterocycles. The summed E-state index contributed by atoms with van der Waals surface area (Å²) in [6.45, 7) is 1.81. The first-order valence-corrected chi connectivity index (χ1v) is 12.8. The van der Waals surface area contributed by atoms with Gasteiger partial charge in [0.05, 0.1) is 24.5 Å². The van der Waals surface area contributed by atoms with E-state index in [1.165, 1.54) is 23.6 Å². The van der Waals surface area contributed by atoms with Crippen LogP contribution in [-0.2, 0) is 29.4 Å². The number of fused-ring (bicyclic) bond motifs is 1. The third-order valence-corrected chi connectivity index (χ3v) is 7.20. The molecule has 0 spiro atoms. The Bertz CT molecular complexity index is 1270. The molecule has 7 heteroatoms. The van der Waals surface area contributed by atoms with Crippen molar-refractivity contribution in [2.45, 2.75) is 38.8 Å². The standard InChI is InChI=1S/C26H27FN2O3S/c1-18(21-11-10-19-7-5-8-22(19)16-21)28-26(30)20-12-14-24(15-13-20)29(33(2,31)32)17-23-6-3-4-9-25(23)27/h3-4,6,9-16,18H,5,7-8,17H2,1-2H3,(H,28,30)/t18-/m1/s1. The third-order valence-electron chi connectivity index (χ3n) is 6.06. The minimum Gasteiger partial charge on any atom is -0.346 e. The molecule has 172 valence electrons. The number of anilines is 1. The molecule has 0 bridgehead atoms. The zero-order chi connectivity index (χ0) is 23.6. The summed E-state index contributed by atoms with van der Waals surface area (Å²) in [5.41, 5.74) is 4.86. The highest BCUT2D eigenvalue weighted by Crippen LogP contribution is 2.26. The Labute approximate surface area is 194 Å². The van der Waals surface area contributed by atoms with Crippen LogP contribution in [0.3, 0.4) is 0 Å². The van der Waals surface area contributed by atoms with Crippen LogP contribution in [0, 0.1) is 5.82 Å². The van der Waals surface area contributed by atoms with E-state index >= 15 is 0 Å². The lowest BCUT2D eigenvalue weighted by molar-refractivity contribution is 0.0940. The third kappa shape index (κ3) is 5.25. The van der Waals surface area contributed by atoms with Gasteiger partial charge in [0.1, 0.15) is 5.82 Å². The van der Waals surface area contributed by atoms with Crippen LogP contribution in [0.15, 0.2) is 66.7 Å². The molecule has 5 nitrogen and oxygen atoms in total. The van der Waals surface area contributed by atoms with E-state index in [0.29, 0.717) is 11.3 Å². The Morgan fingerprint density at radius 1 is 1.03 bits per heavy atom. The van der Waals surface area contributed by atoms with Gasteiger partial charge in [-0.15, -0.1) is 0 Å². The number of halogens is 1. The van der Waals surface area contributed by atoms with Crippen LogP contribution in [0.4, 0.5) is 10.1 Å². The number of carbonyl (C=O) groups excluding carboxylic acids is 1. The van der Waals surface area contributed by atoms with E-state index in [4.69, 9.17) is 0 Å². The molecule has 1 atom stereocenters. The lowest BCUT2D eigenvalue weighted by Crippen LogP contribution is -2.30. The molecule has 0 radical (unpaired) electrons. The molecule has 0 aliphatic heterocycles. The lowest BCUT2D eigenvalue weighted by Gasteiger charge is -2.23. The van der Waals surface area contributed by atoms with Crippen LogP contribution in [-0.4, -0.2) is 20.6 Å². The average Bonchev–Trinajstić information content (AvgIpc) is 3.26. The fourth-order valence-corrected chi connectivity index (χ4v) is 5.06. The van der Waals surface area contributed by atoms with E-state index in [9.17, 15) is 17.6 Å². The lowest BCUT2D eigenvalue weighted by atomic mass is 10.0. The van der Waals surface area contributed by atoms with Crippen molar-refractivity contribution in [1.29, 1.82) is 0 Å². The second-order valence-corrected chi connectivity index (χ2v) is 10.4. The highest BCUT2D eigenvalue weighted by atomic mass is 32.2. The van der Waals surface area contributed by atoms with Crippen molar-refractivity contribution in [3.63, 3.8) is 0 Å². The minimum absolute atomic E-state index is 0.133. The maximum atomic E-state index is 14.1. The molecule has 0 fully saturated rings. The van der Waals surface area contributed by atoms with E-state index in [1.54, 1.807) is 42.5 Å². The minimum atomic E-state index is -3.66. The van der Waals surface area contributed by atoms with Gasteiger partial charge in [0, 0.05) is 11.1 Å². The number of amides is 1. The number of rotatable bonds is 7. The summed E-state index contributed by atoms with van der Waals surface area (Å²) >= 11 is 0. The summed E-state index contributed by atoms with van der Waals surface area (Å²) in [4.78, 5) is 12.8. The largest absolute Gasteiger partial charge is 0.346 e. The first kappa shape index (κ1) is 23.0. The first-order valence-electron chi connectivity index (χ1n) is 11.0. The van der Waals surface area contributed by atoms with Crippen molar-refractivity contribution in [2.24, 2.45) is 0 Å². The van der Waals surface area contributed by atoms with Crippen LogP contribution >= 0.6 is 0 Å². The van der Waals surface area contributed by atoms with Gasteiger partial charge in [-0.25, -0.2) is 12.8 Å². The normalized spacial score (nSPS) is 13.9. The Morgan fingerprint density at radius 3 is 2.42 bits per heavy atom. The monoisotopic (exact) mass is 466 g/mol. The highest BCUT2D eigenvalue weighted by molar-refractivity contribution is 7.92. The van der Waals surface area contributed by atoms with Gasteiger partial charge in [-0.3, -0.25) is 9.10 Å². The van der Waals surface area contributed by atoms with Crippen LogP contribution in [0.5, 0.6) is 0 Å². The quantitative estimate of drug-likeness (QED) is 0.545. The number of hydrogen-bond acceptors (Lipinski definition) is 3. The molecule has 1 aliphatic rings. The van der Waals surface area contributed by atoms with Crippen molar-refractivity contribution < 1.29 is 17.6 Å². The molecule has 4 rings (SSSR count). The van der Waals surface area contributed by atoms with E-state index in [0.717, 1.165) is 29.0 Å². The molecule has 0 saturated carbocycles. The predicted molar refractivity (Wildman–Crippen MR) is 128 cm³/mol. The molecule has 1 aliphatic carbocycles. The van der Waals surface area contributed by atoms with Crippen molar-refractivity contribution in [1.82, 2.24) is 5.32 Å². The fourth-order valence-electron chi connectivity index (χ4n) is 4.18. The highest BCUT2D eigenvalue weighted by Gasteiger charge is 2.20. The molecule has 0 aromatic heterocycles. The van der Waals surface area contributed by atoms with Gasteiger partial charge in [-0.1, -0.05) is 36.4 Å². The van der Waals surface area contributed by atoms with Crippen molar-refractivity contribution >= 4 is 21.6 Å². The maximum absolute atomic E-state index is 14.1. The number of sulfonamides is 1. The number of carbonyl (C=O) groups is 1. The zero-order valence-corrected chi connectivity index (χ0v) is 19.5. The molecule has 0 unspecified atom stereocenters. The van der Waals surface area contributed by atoms with Gasteiger partial charge in [0.25, 0.3) is 5.91 Å². The maximum Gasteiger partial charge on any atom is 0.251 e. The Kier molecular flexibility index (Phi) is 6.51. The molecule has 1 N–H and O–H groups in total. The van der Waals surface area contributed by atoms with E-state index in [-0.39, 0.29) is 24.1 Å². The zero-order valence-electron chi connectivity index (χ0n) is 18.7. The van der Waals surface area contributed by atoms with Crippen molar-refractivity contribution in [3.05, 3.63) is 100 Å². The van der Waals surface area contributed by atoms with Gasteiger partial charge in [-0.05, 0) is 73.2 Å². The Morgan fingerprint density at radius 2 is 1.73 bits per heavy atom. The summed E-state index contributed by atoms with van der Waals surface area (Å²) in [5, 5.41) is 3.01. The van der Waals surface area contributed by atoms with Crippen molar-refractivity contribution in [3.8, 4) is 0 Å². The van der Waals surface area contributed by atoms with E-state index < -0.39 is 15.8 Å². The Hall–Kier alpha value is -3.19. The van der Waals surface area contributed by atoms with Crippen LogP contribution < -0.4 is 9.62 Å². The second kappa shape index (κ2) is 9.35. The van der Waals surface area contributed by atoms with Crippen molar-refractivity contribution in [2.75, 3.05) is 10.6 Å². The molecule has 3 aromatic rings. The summed E-state index contributed by atoms with van der Waals surface area (Å²) in [7, 11) is -3.66. The topological polar surface area (TPSA) is 66.5 Å². The number of hydrogen-bond donors (Lipinski definition) is 1. The molecule has 1 amide bonds. The molecular weight excluding hydrogens is 439 g/mol. The molecule has 33 heavy (non-hydrogen) atoms. The van der Waals surface area contributed by atoms with Gasteiger partial charge < -0.3 is 5.32 Å². The SMILES string of the molecule is C[C@@H](NC(=O)c1ccc(N(Cc2ccccc2F)S(C)(=O)=O)cc1)c1ccc2c(c1)CCC2. The molecule has 3 aromatic carbocycles.